The monoisotopic (exact) mass is 463 g/mol. The van der Waals surface area contributed by atoms with Gasteiger partial charge in [-0.2, -0.15) is 6.07 Å². The molecule has 0 radical (unpaired) electrons. The van der Waals surface area contributed by atoms with E-state index in [1.807, 2.05) is 0 Å². The van der Waals surface area contributed by atoms with Gasteiger partial charge in [0.1, 0.15) is 0 Å². The molecule has 3 heteroatoms. The Morgan fingerprint density at radius 3 is 2.27 bits per heavy atom. The molecule has 3 aromatic rings. The van der Waals surface area contributed by atoms with Gasteiger partial charge in [0.2, 0.25) is 0 Å². The molecule has 0 nitrogen and oxygen atoms in total. The molecule has 0 saturated heterocycles. The summed E-state index contributed by atoms with van der Waals surface area (Å²) in [5.74, 6) is 1.14. The number of hydrogen-bond acceptors (Lipinski definition) is 0. The second-order valence-electron chi connectivity index (χ2n) is 7.17. The minimum absolute atomic E-state index is 0.524. The Bertz CT molecular complexity index is 849. The van der Waals surface area contributed by atoms with E-state index in [9.17, 15) is 0 Å². The van der Waals surface area contributed by atoms with Crippen LogP contribution in [-0.2, 0) is 20.8 Å². The van der Waals surface area contributed by atoms with Crippen LogP contribution in [0.1, 0.15) is 62.6 Å². The maximum absolute atomic E-state index is 4.93. The van der Waals surface area contributed by atoms with Crippen LogP contribution in [0.2, 0.25) is 0 Å². The van der Waals surface area contributed by atoms with Gasteiger partial charge >= 0.3 is 37.9 Å². The summed E-state index contributed by atoms with van der Waals surface area (Å²) in [5.41, 5.74) is 7.09. The van der Waals surface area contributed by atoms with Crippen LogP contribution in [0.5, 0.6) is 0 Å². The SMILES string of the molecule is CCC(C)c1cc2c(-c3ccccc3C)c(C(C)C)ccc2[cH-]1.[Cl][Zr][Cl]. The third-order valence-corrected chi connectivity index (χ3v) is 5.16. The van der Waals surface area contributed by atoms with E-state index in [0.717, 1.165) is 0 Å². The summed E-state index contributed by atoms with van der Waals surface area (Å²) in [6.07, 6.45) is 1.19. The fraction of sp³-hybridized carbons (Fsp3) is 0.348. The summed E-state index contributed by atoms with van der Waals surface area (Å²) in [4.78, 5) is 0. The van der Waals surface area contributed by atoms with Crippen molar-refractivity contribution in [3.05, 3.63) is 65.2 Å². The number of benzene rings is 2. The maximum atomic E-state index is 4.93. The molecule has 1 atom stereocenters. The normalized spacial score (nSPS) is 12.0. The molecular weight excluding hydrogens is 438 g/mol. The molecule has 3 aromatic carbocycles. The van der Waals surface area contributed by atoms with Crippen molar-refractivity contribution < 1.29 is 20.8 Å². The minimum atomic E-state index is -0.826. The number of rotatable bonds is 4. The van der Waals surface area contributed by atoms with Crippen molar-refractivity contribution in [1.29, 1.82) is 0 Å². The van der Waals surface area contributed by atoms with Gasteiger partial charge in [0, 0.05) is 0 Å². The first kappa shape index (κ1) is 21.8. The van der Waals surface area contributed by atoms with Crippen molar-refractivity contribution >= 4 is 27.8 Å². The van der Waals surface area contributed by atoms with E-state index in [-0.39, 0.29) is 0 Å². The zero-order valence-corrected chi connectivity index (χ0v) is 20.2. The Morgan fingerprint density at radius 2 is 1.69 bits per heavy atom. The Balaban J connectivity index is 0.000000758. The van der Waals surface area contributed by atoms with E-state index < -0.39 is 20.8 Å². The molecule has 26 heavy (non-hydrogen) atoms. The summed E-state index contributed by atoms with van der Waals surface area (Å²) in [6, 6.07) is 18.2. The first-order valence-electron chi connectivity index (χ1n) is 9.20. The molecule has 0 N–H and O–H groups in total. The number of fused-ring (bicyclic) bond motifs is 1. The Morgan fingerprint density at radius 1 is 1.04 bits per heavy atom. The first-order valence-corrected chi connectivity index (χ1v) is 15.5. The van der Waals surface area contributed by atoms with Gasteiger partial charge in [0.25, 0.3) is 0 Å². The van der Waals surface area contributed by atoms with Crippen molar-refractivity contribution in [3.63, 3.8) is 0 Å². The second kappa shape index (κ2) is 10.2. The number of hydrogen-bond donors (Lipinski definition) is 0. The van der Waals surface area contributed by atoms with Gasteiger partial charge in [-0.25, -0.2) is 0 Å². The quantitative estimate of drug-likeness (QED) is 0.339. The third kappa shape index (κ3) is 4.86. The standard InChI is InChI=1S/C23H27.2ClH.Zr/c1-6-16(4)19-13-18-11-12-20(15(2)3)23(22(18)14-19)21-10-8-7-9-17(21)5;;;/h7-16H,6H2,1-5H3;2*1H;/q-1;;;+2/p-2. The Kier molecular flexibility index (Phi) is 8.53. The van der Waals surface area contributed by atoms with Crippen LogP contribution in [0.3, 0.4) is 0 Å². The van der Waals surface area contributed by atoms with E-state index in [0.29, 0.717) is 11.8 Å². The van der Waals surface area contributed by atoms with Crippen molar-refractivity contribution in [3.8, 4) is 11.1 Å². The molecule has 1 unspecified atom stereocenters. The average Bonchev–Trinajstić information content (AvgIpc) is 3.05. The predicted molar refractivity (Wildman–Crippen MR) is 114 cm³/mol. The van der Waals surface area contributed by atoms with E-state index in [1.165, 1.54) is 45.0 Å². The van der Waals surface area contributed by atoms with Crippen molar-refractivity contribution in [1.82, 2.24) is 0 Å². The van der Waals surface area contributed by atoms with Crippen molar-refractivity contribution in [2.45, 2.75) is 52.9 Å². The molecule has 0 aromatic heterocycles. The zero-order chi connectivity index (χ0) is 19.3. The summed E-state index contributed by atoms with van der Waals surface area (Å²) in [5, 5.41) is 2.80. The topological polar surface area (TPSA) is 0 Å². The van der Waals surface area contributed by atoms with Gasteiger partial charge in [-0.15, -0.1) is 34.5 Å². The fourth-order valence-electron chi connectivity index (χ4n) is 3.48. The Hall–Kier alpha value is -0.487. The van der Waals surface area contributed by atoms with Gasteiger partial charge < -0.3 is 0 Å². The molecule has 138 valence electrons. The number of aryl methyl sites for hydroxylation is 1. The van der Waals surface area contributed by atoms with Crippen LogP contribution in [0.15, 0.2) is 48.5 Å². The van der Waals surface area contributed by atoms with Gasteiger partial charge in [-0.05, 0) is 29.9 Å². The third-order valence-electron chi connectivity index (χ3n) is 5.16. The van der Waals surface area contributed by atoms with Gasteiger partial charge in [0.05, 0.1) is 0 Å². The van der Waals surface area contributed by atoms with E-state index in [2.05, 4.69) is 83.1 Å². The molecule has 0 aliphatic carbocycles. The van der Waals surface area contributed by atoms with Crippen LogP contribution < -0.4 is 0 Å². The molecule has 0 heterocycles. The van der Waals surface area contributed by atoms with Crippen molar-refractivity contribution in [2.75, 3.05) is 0 Å². The van der Waals surface area contributed by atoms with E-state index in [1.54, 1.807) is 0 Å². The van der Waals surface area contributed by atoms with Crippen LogP contribution in [0.4, 0.5) is 0 Å². The predicted octanol–water partition coefficient (Wildman–Crippen LogP) is 8.55. The van der Waals surface area contributed by atoms with Crippen molar-refractivity contribution in [2.24, 2.45) is 0 Å². The summed E-state index contributed by atoms with van der Waals surface area (Å²) >= 11 is -0.826. The molecule has 0 aliphatic heterocycles. The van der Waals surface area contributed by atoms with Crippen LogP contribution >= 0.6 is 17.0 Å². The molecule has 0 spiro atoms. The number of halogens is 2. The molecular formula is C23H27Cl2Zr-. The average molecular weight is 466 g/mol. The summed E-state index contributed by atoms with van der Waals surface area (Å²) in [7, 11) is 9.87. The van der Waals surface area contributed by atoms with Gasteiger partial charge in [0.15, 0.2) is 0 Å². The Labute approximate surface area is 176 Å². The van der Waals surface area contributed by atoms with Gasteiger partial charge in [-0.1, -0.05) is 69.5 Å². The van der Waals surface area contributed by atoms with E-state index in [4.69, 9.17) is 17.0 Å². The molecule has 0 aliphatic rings. The molecule has 0 bridgehead atoms. The zero-order valence-electron chi connectivity index (χ0n) is 16.2. The van der Waals surface area contributed by atoms with E-state index >= 15 is 0 Å². The molecule has 0 fully saturated rings. The summed E-state index contributed by atoms with van der Waals surface area (Å²) in [6.45, 7) is 11.4. The molecule has 0 amide bonds. The first-order chi connectivity index (χ1) is 12.4. The fourth-order valence-corrected chi connectivity index (χ4v) is 3.48. The van der Waals surface area contributed by atoms with Crippen LogP contribution in [0.25, 0.3) is 21.9 Å². The van der Waals surface area contributed by atoms with Crippen LogP contribution in [-0.4, -0.2) is 0 Å². The summed E-state index contributed by atoms with van der Waals surface area (Å²) < 4.78 is 0. The molecule has 3 rings (SSSR count). The molecule has 0 saturated carbocycles. The van der Waals surface area contributed by atoms with Crippen LogP contribution in [0, 0.1) is 6.92 Å². The second-order valence-corrected chi connectivity index (χ2v) is 10.9. The van der Waals surface area contributed by atoms with Gasteiger partial charge in [-0.3, -0.25) is 0 Å².